The van der Waals surface area contributed by atoms with Gasteiger partial charge in [0.25, 0.3) is 0 Å². The summed E-state index contributed by atoms with van der Waals surface area (Å²) in [6.07, 6.45) is 2.24. The Morgan fingerprint density at radius 2 is 1.84 bits per heavy atom. The molecule has 0 aliphatic carbocycles. The minimum Gasteiger partial charge on any atom is -0.379 e. The fourth-order valence-corrected chi connectivity index (χ4v) is 2.91. The lowest BCUT2D eigenvalue weighted by molar-refractivity contribution is 0.112. The van der Waals surface area contributed by atoms with Gasteiger partial charge >= 0.3 is 6.03 Å². The smallest absolute Gasteiger partial charge is 0.319 e. The zero-order chi connectivity index (χ0) is 17.5. The highest BCUT2D eigenvalue weighted by molar-refractivity contribution is 5.89. The molecular weight excluding hydrogens is 314 g/mol. The maximum atomic E-state index is 11.9. The summed E-state index contributed by atoms with van der Waals surface area (Å²) < 4.78 is 5.49. The van der Waals surface area contributed by atoms with Crippen LogP contribution in [0.25, 0.3) is 0 Å². The third-order valence-electron chi connectivity index (χ3n) is 4.34. The molecule has 1 aliphatic rings. The van der Waals surface area contributed by atoms with Crippen LogP contribution in [0, 0.1) is 0 Å². The fraction of sp³-hybridized carbons (Fsp3) is 0.350. The van der Waals surface area contributed by atoms with Gasteiger partial charge in [0.15, 0.2) is 0 Å². The second-order valence-corrected chi connectivity index (χ2v) is 6.32. The molecule has 0 bridgehead atoms. The third kappa shape index (κ3) is 5.22. The van der Waals surface area contributed by atoms with Gasteiger partial charge in [0.05, 0.1) is 6.10 Å². The monoisotopic (exact) mass is 339 g/mol. The van der Waals surface area contributed by atoms with E-state index in [1.807, 2.05) is 42.5 Å². The van der Waals surface area contributed by atoms with E-state index in [1.54, 1.807) is 0 Å². The van der Waals surface area contributed by atoms with Crippen LogP contribution >= 0.6 is 0 Å². The van der Waals surface area contributed by atoms with Crippen molar-refractivity contribution in [1.82, 2.24) is 5.32 Å². The number of amides is 2. The number of urea groups is 1. The average molecular weight is 339 g/mol. The Bertz CT molecular complexity index is 667. The summed E-state index contributed by atoms with van der Waals surface area (Å²) in [6.45, 7) is 3.48. The quantitative estimate of drug-likeness (QED) is 0.740. The van der Waals surface area contributed by atoms with E-state index in [1.165, 1.54) is 5.56 Å². The van der Waals surface area contributed by atoms with Crippen LogP contribution < -0.4 is 16.0 Å². The van der Waals surface area contributed by atoms with Crippen molar-refractivity contribution >= 4 is 17.4 Å². The van der Waals surface area contributed by atoms with Crippen LogP contribution in [0.3, 0.4) is 0 Å². The van der Waals surface area contributed by atoms with Crippen LogP contribution in [-0.2, 0) is 4.74 Å². The molecule has 0 aromatic heterocycles. The number of hydrogen-bond acceptors (Lipinski definition) is 3. The molecule has 0 unspecified atom stereocenters. The summed E-state index contributed by atoms with van der Waals surface area (Å²) in [6, 6.07) is 18.0. The van der Waals surface area contributed by atoms with Gasteiger partial charge in [-0.25, -0.2) is 4.79 Å². The Balaban J connectivity index is 1.47. The molecule has 1 saturated heterocycles. The molecule has 2 aromatic carbocycles. The second-order valence-electron chi connectivity index (χ2n) is 6.32. The summed E-state index contributed by atoms with van der Waals surface area (Å²) in [5.41, 5.74) is 3.02. The zero-order valence-corrected chi connectivity index (χ0v) is 14.5. The van der Waals surface area contributed by atoms with Crippen molar-refractivity contribution in [2.75, 3.05) is 23.8 Å². The lowest BCUT2D eigenvalue weighted by atomic mass is 10.1. The van der Waals surface area contributed by atoms with Crippen LogP contribution in [-0.4, -0.2) is 25.3 Å². The van der Waals surface area contributed by atoms with Gasteiger partial charge in [0.1, 0.15) is 0 Å². The minimum atomic E-state index is -0.200. The molecule has 1 aliphatic heterocycles. The van der Waals surface area contributed by atoms with E-state index in [9.17, 15) is 4.79 Å². The lowest BCUT2D eigenvalue weighted by Gasteiger charge is -2.16. The highest BCUT2D eigenvalue weighted by Gasteiger charge is 2.16. The number of carbonyl (C=O) groups is 1. The van der Waals surface area contributed by atoms with Crippen molar-refractivity contribution in [1.29, 1.82) is 0 Å². The van der Waals surface area contributed by atoms with E-state index in [4.69, 9.17) is 4.74 Å². The first-order chi connectivity index (χ1) is 12.2. The Labute approximate surface area is 148 Å². The van der Waals surface area contributed by atoms with Gasteiger partial charge in [-0.2, -0.15) is 0 Å². The van der Waals surface area contributed by atoms with Crippen molar-refractivity contribution in [2.24, 2.45) is 0 Å². The molecule has 25 heavy (non-hydrogen) atoms. The van der Waals surface area contributed by atoms with Crippen LogP contribution in [0.5, 0.6) is 0 Å². The highest BCUT2D eigenvalue weighted by atomic mass is 16.5. The first-order valence-corrected chi connectivity index (χ1v) is 8.79. The van der Waals surface area contributed by atoms with Gasteiger partial charge in [-0.3, -0.25) is 0 Å². The van der Waals surface area contributed by atoms with Crippen molar-refractivity contribution < 1.29 is 9.53 Å². The standard InChI is InChI=1S/C20H25N3O2/c1-15(16-6-3-2-4-7-16)22-17-9-11-18(12-10-17)23-20(24)21-14-19-8-5-13-25-19/h2-4,6-7,9-12,15,19,22H,5,8,13-14H2,1H3,(H2,21,23,24)/t15-,19-/m1/s1. The molecule has 5 nitrogen and oxygen atoms in total. The predicted octanol–water partition coefficient (Wildman–Crippen LogP) is 4.16. The molecule has 3 rings (SSSR count). The van der Waals surface area contributed by atoms with Crippen molar-refractivity contribution in [3.63, 3.8) is 0 Å². The van der Waals surface area contributed by atoms with E-state index in [2.05, 4.69) is 35.0 Å². The van der Waals surface area contributed by atoms with E-state index in [0.717, 1.165) is 30.8 Å². The molecular formula is C20H25N3O2. The molecule has 5 heteroatoms. The number of benzene rings is 2. The predicted molar refractivity (Wildman–Crippen MR) is 101 cm³/mol. The molecule has 2 atom stereocenters. The largest absolute Gasteiger partial charge is 0.379 e. The van der Waals surface area contributed by atoms with Crippen molar-refractivity contribution in [3.8, 4) is 0 Å². The van der Waals surface area contributed by atoms with Gasteiger partial charge in [0, 0.05) is 30.6 Å². The zero-order valence-electron chi connectivity index (χ0n) is 14.5. The van der Waals surface area contributed by atoms with Gasteiger partial charge in [-0.15, -0.1) is 0 Å². The van der Waals surface area contributed by atoms with E-state index < -0.39 is 0 Å². The third-order valence-corrected chi connectivity index (χ3v) is 4.34. The number of carbonyl (C=O) groups excluding carboxylic acids is 1. The summed E-state index contributed by atoms with van der Waals surface area (Å²) >= 11 is 0. The van der Waals surface area contributed by atoms with E-state index in [0.29, 0.717) is 6.54 Å². The van der Waals surface area contributed by atoms with Crippen LogP contribution in [0.4, 0.5) is 16.2 Å². The number of anilines is 2. The molecule has 0 saturated carbocycles. The summed E-state index contributed by atoms with van der Waals surface area (Å²) in [5.74, 6) is 0. The first kappa shape index (κ1) is 17.3. The molecule has 132 valence electrons. The lowest BCUT2D eigenvalue weighted by Crippen LogP contribution is -2.35. The molecule has 2 amide bonds. The summed E-state index contributed by atoms with van der Waals surface area (Å²) in [4.78, 5) is 11.9. The molecule has 1 heterocycles. The Hall–Kier alpha value is -2.53. The molecule has 0 radical (unpaired) electrons. The van der Waals surface area contributed by atoms with E-state index >= 15 is 0 Å². The molecule has 0 spiro atoms. The van der Waals surface area contributed by atoms with E-state index in [-0.39, 0.29) is 18.2 Å². The van der Waals surface area contributed by atoms with Crippen molar-refractivity contribution in [3.05, 3.63) is 60.2 Å². The maximum Gasteiger partial charge on any atom is 0.319 e. The Morgan fingerprint density at radius 3 is 2.52 bits per heavy atom. The van der Waals surface area contributed by atoms with Gasteiger partial charge in [-0.1, -0.05) is 30.3 Å². The Morgan fingerprint density at radius 1 is 1.12 bits per heavy atom. The number of ether oxygens (including phenoxy) is 1. The molecule has 3 N–H and O–H groups in total. The van der Waals surface area contributed by atoms with Crippen LogP contribution in [0.2, 0.25) is 0 Å². The van der Waals surface area contributed by atoms with Crippen molar-refractivity contribution in [2.45, 2.75) is 31.9 Å². The van der Waals surface area contributed by atoms with Crippen LogP contribution in [0.15, 0.2) is 54.6 Å². The van der Waals surface area contributed by atoms with Gasteiger partial charge in [0.2, 0.25) is 0 Å². The topological polar surface area (TPSA) is 62.4 Å². The number of nitrogens with one attached hydrogen (secondary N) is 3. The van der Waals surface area contributed by atoms with Gasteiger partial charge in [-0.05, 0) is 49.6 Å². The van der Waals surface area contributed by atoms with Crippen LogP contribution in [0.1, 0.15) is 31.4 Å². The maximum absolute atomic E-state index is 11.9. The fourth-order valence-electron chi connectivity index (χ4n) is 2.91. The molecule has 1 fully saturated rings. The normalized spacial score (nSPS) is 17.7. The molecule has 2 aromatic rings. The SMILES string of the molecule is C[C@@H](Nc1ccc(NC(=O)NC[C@H]2CCCO2)cc1)c1ccccc1. The number of hydrogen-bond donors (Lipinski definition) is 3. The average Bonchev–Trinajstić information content (AvgIpc) is 3.16. The second kappa shape index (κ2) is 8.53. The summed E-state index contributed by atoms with van der Waals surface area (Å²) in [7, 11) is 0. The Kier molecular flexibility index (Phi) is 5.90. The summed E-state index contributed by atoms with van der Waals surface area (Å²) in [5, 5.41) is 9.15. The highest BCUT2D eigenvalue weighted by Crippen LogP contribution is 2.20. The minimum absolute atomic E-state index is 0.150. The van der Waals surface area contributed by atoms with Gasteiger partial charge < -0.3 is 20.7 Å². The number of rotatable bonds is 6. The first-order valence-electron chi connectivity index (χ1n) is 8.79.